The van der Waals surface area contributed by atoms with E-state index in [9.17, 15) is 0 Å². The quantitative estimate of drug-likeness (QED) is 0.355. The molecule has 0 fully saturated rings. The first-order valence-corrected chi connectivity index (χ1v) is 9.07. The molecule has 0 aliphatic heterocycles. The van der Waals surface area contributed by atoms with Crippen LogP contribution in [0.15, 0.2) is 60.9 Å². The van der Waals surface area contributed by atoms with E-state index >= 15 is 0 Å². The third-order valence-corrected chi connectivity index (χ3v) is 5.17. The van der Waals surface area contributed by atoms with Gasteiger partial charge in [0.1, 0.15) is 5.15 Å². The summed E-state index contributed by atoms with van der Waals surface area (Å²) >= 11 is 12.8. The molecule has 0 aliphatic carbocycles. The monoisotopic (exact) mass is 378 g/mol. The molecule has 4 aromatic rings. The van der Waals surface area contributed by atoms with Crippen molar-refractivity contribution >= 4 is 34.1 Å². The van der Waals surface area contributed by atoms with Crippen LogP contribution in [0, 0.1) is 13.8 Å². The first-order chi connectivity index (χ1) is 12.6. The summed E-state index contributed by atoms with van der Waals surface area (Å²) in [5.41, 5.74) is 7.47. The summed E-state index contributed by atoms with van der Waals surface area (Å²) < 4.78 is 0. The van der Waals surface area contributed by atoms with E-state index in [1.54, 1.807) is 0 Å². The van der Waals surface area contributed by atoms with Crippen LogP contribution in [0.4, 0.5) is 0 Å². The summed E-state index contributed by atoms with van der Waals surface area (Å²) in [7, 11) is 0. The molecule has 4 heteroatoms. The van der Waals surface area contributed by atoms with Gasteiger partial charge >= 0.3 is 0 Å². The van der Waals surface area contributed by atoms with Gasteiger partial charge in [0, 0.05) is 28.4 Å². The second-order valence-corrected chi connectivity index (χ2v) is 7.09. The van der Waals surface area contributed by atoms with Gasteiger partial charge in [-0.2, -0.15) is 0 Å². The van der Waals surface area contributed by atoms with Crippen LogP contribution in [0.2, 0.25) is 10.2 Å². The minimum absolute atomic E-state index is 0.461. The maximum atomic E-state index is 6.48. The summed E-state index contributed by atoms with van der Waals surface area (Å²) in [5, 5.41) is 2.23. The zero-order valence-corrected chi connectivity index (χ0v) is 15.9. The number of halogens is 2. The molecule has 0 N–H and O–H groups in total. The molecule has 4 rings (SSSR count). The molecule has 0 bridgehead atoms. The number of rotatable bonds is 2. The van der Waals surface area contributed by atoms with Crippen molar-refractivity contribution in [3.63, 3.8) is 0 Å². The fourth-order valence-corrected chi connectivity index (χ4v) is 4.02. The van der Waals surface area contributed by atoms with Crippen molar-refractivity contribution in [3.8, 4) is 22.3 Å². The maximum Gasteiger partial charge on any atom is 0.130 e. The Bertz CT molecular complexity index is 1120. The molecule has 0 aliphatic rings. The van der Waals surface area contributed by atoms with Gasteiger partial charge in [-0.25, -0.2) is 4.98 Å². The van der Waals surface area contributed by atoms with Gasteiger partial charge in [0.05, 0.1) is 5.52 Å². The molecular weight excluding hydrogens is 363 g/mol. The van der Waals surface area contributed by atoms with Crippen LogP contribution >= 0.6 is 23.2 Å². The number of pyridine rings is 2. The van der Waals surface area contributed by atoms with Gasteiger partial charge in [-0.05, 0) is 72.0 Å². The van der Waals surface area contributed by atoms with Crippen LogP contribution < -0.4 is 0 Å². The highest BCUT2D eigenvalue weighted by atomic mass is 35.5. The standard InChI is InChI=1S/C22H16Cl2N2/c1-13-11-19-22(14(2)21(13)15-7-9-25-10-8-15)17(12-20(24)26-19)16-5-3-4-6-18(16)23/h3-12H,1-2H3. The van der Waals surface area contributed by atoms with Gasteiger partial charge in [-0.1, -0.05) is 41.4 Å². The molecule has 2 aromatic heterocycles. The van der Waals surface area contributed by atoms with Crippen molar-refractivity contribution < 1.29 is 0 Å². The predicted octanol–water partition coefficient (Wildman–Crippen LogP) is 6.89. The molecule has 0 atom stereocenters. The summed E-state index contributed by atoms with van der Waals surface area (Å²) in [5.74, 6) is 0. The van der Waals surface area contributed by atoms with Gasteiger partial charge in [0.15, 0.2) is 0 Å². The van der Waals surface area contributed by atoms with E-state index in [0.29, 0.717) is 10.2 Å². The molecule has 0 radical (unpaired) electrons. The van der Waals surface area contributed by atoms with Crippen LogP contribution in [-0.4, -0.2) is 9.97 Å². The molecular formula is C22H16Cl2N2. The van der Waals surface area contributed by atoms with E-state index < -0.39 is 0 Å². The number of nitrogens with zero attached hydrogens (tertiary/aromatic N) is 2. The minimum atomic E-state index is 0.461. The lowest BCUT2D eigenvalue weighted by atomic mass is 9.89. The number of hydrogen-bond donors (Lipinski definition) is 0. The van der Waals surface area contributed by atoms with Crippen molar-refractivity contribution in [3.05, 3.63) is 82.2 Å². The van der Waals surface area contributed by atoms with E-state index in [2.05, 4.69) is 29.9 Å². The Labute approximate surface area is 162 Å². The first kappa shape index (κ1) is 17.0. The molecule has 0 saturated heterocycles. The zero-order chi connectivity index (χ0) is 18.3. The van der Waals surface area contributed by atoms with Gasteiger partial charge in [0.25, 0.3) is 0 Å². The molecule has 0 unspecified atom stereocenters. The van der Waals surface area contributed by atoms with Crippen molar-refractivity contribution in [2.45, 2.75) is 13.8 Å². The third-order valence-electron chi connectivity index (χ3n) is 4.65. The highest BCUT2D eigenvalue weighted by Crippen LogP contribution is 2.40. The normalized spacial score (nSPS) is 11.1. The summed E-state index contributed by atoms with van der Waals surface area (Å²) in [6.45, 7) is 4.22. The maximum absolute atomic E-state index is 6.48. The summed E-state index contributed by atoms with van der Waals surface area (Å²) in [4.78, 5) is 8.69. The van der Waals surface area contributed by atoms with Crippen LogP contribution in [0.25, 0.3) is 33.2 Å². The van der Waals surface area contributed by atoms with E-state index in [1.165, 1.54) is 5.56 Å². The van der Waals surface area contributed by atoms with E-state index in [0.717, 1.165) is 38.7 Å². The number of benzene rings is 2. The second-order valence-electron chi connectivity index (χ2n) is 6.30. The molecule has 0 spiro atoms. The number of aryl methyl sites for hydroxylation is 2. The highest BCUT2D eigenvalue weighted by molar-refractivity contribution is 6.34. The van der Waals surface area contributed by atoms with Gasteiger partial charge in [0.2, 0.25) is 0 Å². The Morgan fingerprint density at radius 1 is 0.846 bits per heavy atom. The lowest BCUT2D eigenvalue weighted by Gasteiger charge is -2.17. The van der Waals surface area contributed by atoms with Crippen LogP contribution in [-0.2, 0) is 0 Å². The number of hydrogen-bond acceptors (Lipinski definition) is 2. The Hall–Kier alpha value is -2.42. The molecule has 0 amide bonds. The van der Waals surface area contributed by atoms with Crippen molar-refractivity contribution in [2.24, 2.45) is 0 Å². The lowest BCUT2D eigenvalue weighted by molar-refractivity contribution is 1.31. The van der Waals surface area contributed by atoms with Gasteiger partial charge in [-0.3, -0.25) is 4.98 Å². The fraction of sp³-hybridized carbons (Fsp3) is 0.0909. The molecule has 2 heterocycles. The van der Waals surface area contributed by atoms with E-state index in [4.69, 9.17) is 23.2 Å². The van der Waals surface area contributed by atoms with E-state index in [-0.39, 0.29) is 0 Å². The van der Waals surface area contributed by atoms with Crippen molar-refractivity contribution in [1.82, 2.24) is 9.97 Å². The number of fused-ring (bicyclic) bond motifs is 1. The third kappa shape index (κ3) is 2.86. The lowest BCUT2D eigenvalue weighted by Crippen LogP contribution is -1.95. The average Bonchev–Trinajstić information content (AvgIpc) is 2.62. The smallest absolute Gasteiger partial charge is 0.130 e. The van der Waals surface area contributed by atoms with E-state index in [1.807, 2.05) is 54.9 Å². The zero-order valence-electron chi connectivity index (χ0n) is 14.4. The summed E-state index contributed by atoms with van der Waals surface area (Å²) in [6.07, 6.45) is 3.63. The Kier molecular flexibility index (Phi) is 4.39. The van der Waals surface area contributed by atoms with Crippen LogP contribution in [0.3, 0.4) is 0 Å². The van der Waals surface area contributed by atoms with Crippen molar-refractivity contribution in [1.29, 1.82) is 0 Å². The molecule has 128 valence electrons. The molecule has 2 nitrogen and oxygen atoms in total. The molecule has 26 heavy (non-hydrogen) atoms. The van der Waals surface area contributed by atoms with Crippen molar-refractivity contribution in [2.75, 3.05) is 0 Å². The molecule has 2 aromatic carbocycles. The first-order valence-electron chi connectivity index (χ1n) is 8.32. The Morgan fingerprint density at radius 3 is 2.31 bits per heavy atom. The Morgan fingerprint density at radius 2 is 1.58 bits per heavy atom. The van der Waals surface area contributed by atoms with Crippen LogP contribution in [0.1, 0.15) is 11.1 Å². The van der Waals surface area contributed by atoms with Gasteiger partial charge < -0.3 is 0 Å². The highest BCUT2D eigenvalue weighted by Gasteiger charge is 2.16. The SMILES string of the molecule is Cc1cc2nc(Cl)cc(-c3ccccc3Cl)c2c(C)c1-c1ccncc1. The van der Waals surface area contributed by atoms with Gasteiger partial charge in [-0.15, -0.1) is 0 Å². The summed E-state index contributed by atoms with van der Waals surface area (Å²) in [6, 6.07) is 15.8. The average molecular weight is 379 g/mol. The topological polar surface area (TPSA) is 25.8 Å². The minimum Gasteiger partial charge on any atom is -0.265 e. The Balaban J connectivity index is 2.13. The predicted molar refractivity (Wildman–Crippen MR) is 110 cm³/mol. The fourth-order valence-electron chi connectivity index (χ4n) is 3.58. The second kappa shape index (κ2) is 6.71. The van der Waals surface area contributed by atoms with Crippen LogP contribution in [0.5, 0.6) is 0 Å². The molecule has 0 saturated carbocycles. The number of aromatic nitrogens is 2. The largest absolute Gasteiger partial charge is 0.265 e.